The van der Waals surface area contributed by atoms with Gasteiger partial charge in [-0.3, -0.25) is 14.5 Å². The maximum atomic E-state index is 13.3. The van der Waals surface area contributed by atoms with E-state index in [-0.39, 0.29) is 16.9 Å². The van der Waals surface area contributed by atoms with Gasteiger partial charge in [0.2, 0.25) is 11.9 Å². The van der Waals surface area contributed by atoms with Crippen LogP contribution < -0.4 is 15.8 Å². The van der Waals surface area contributed by atoms with Crippen molar-refractivity contribution in [2.24, 2.45) is 0 Å². The molecule has 0 spiro atoms. The van der Waals surface area contributed by atoms with Gasteiger partial charge in [0, 0.05) is 81.9 Å². The highest BCUT2D eigenvalue weighted by atomic mass is 16.2. The minimum atomic E-state index is -0.196. The van der Waals surface area contributed by atoms with E-state index in [1.807, 2.05) is 30.3 Å². The normalized spacial score (nSPS) is 14.2. The predicted molar refractivity (Wildman–Crippen MR) is 172 cm³/mol. The van der Waals surface area contributed by atoms with E-state index in [0.29, 0.717) is 35.8 Å². The number of aromatic nitrogens is 5. The second-order valence-electron chi connectivity index (χ2n) is 12.1. The number of hydrogen-bond donors (Lipinski definition) is 1. The van der Waals surface area contributed by atoms with Crippen molar-refractivity contribution in [1.29, 1.82) is 0 Å². The lowest BCUT2D eigenvalue weighted by Crippen LogP contribution is -2.47. The molecule has 0 saturated carbocycles. The summed E-state index contributed by atoms with van der Waals surface area (Å²) in [5, 5.41) is 3.71. The summed E-state index contributed by atoms with van der Waals surface area (Å²) >= 11 is 0. The number of carbonyl (C=O) groups is 1. The maximum Gasteiger partial charge on any atom is 0.278 e. The van der Waals surface area contributed by atoms with Crippen molar-refractivity contribution in [1.82, 2.24) is 34.1 Å². The van der Waals surface area contributed by atoms with Gasteiger partial charge in [0.25, 0.3) is 5.56 Å². The van der Waals surface area contributed by atoms with E-state index in [1.165, 1.54) is 0 Å². The topological polar surface area (TPSA) is 104 Å². The molecule has 0 radical (unpaired) electrons. The fraction of sp³-hybridized carbons (Fsp3) is 0.406. The van der Waals surface area contributed by atoms with Crippen LogP contribution in [-0.4, -0.2) is 86.8 Å². The van der Waals surface area contributed by atoms with Gasteiger partial charge in [0.05, 0.1) is 6.54 Å². The number of benzene rings is 1. The highest BCUT2D eigenvalue weighted by Gasteiger charge is 2.21. The summed E-state index contributed by atoms with van der Waals surface area (Å²) in [5.74, 6) is 1.16. The molecule has 4 aromatic rings. The van der Waals surface area contributed by atoms with E-state index >= 15 is 0 Å². The van der Waals surface area contributed by atoms with E-state index in [0.717, 1.165) is 49.8 Å². The Morgan fingerprint density at radius 1 is 1.05 bits per heavy atom. The van der Waals surface area contributed by atoms with Crippen LogP contribution in [0.25, 0.3) is 16.9 Å². The lowest BCUT2D eigenvalue weighted by molar-refractivity contribution is -0.129. The summed E-state index contributed by atoms with van der Waals surface area (Å²) in [6.45, 7) is 14.9. The Morgan fingerprint density at radius 3 is 2.42 bits per heavy atom. The number of anilines is 3. The number of carbonyl (C=O) groups excluding carboxylic acids is 1. The Labute approximate surface area is 252 Å². The highest BCUT2D eigenvalue weighted by molar-refractivity contribution is 5.77. The van der Waals surface area contributed by atoms with E-state index in [1.54, 1.807) is 40.6 Å². The number of nitrogens with one attached hydrogen (secondary N) is 1. The van der Waals surface area contributed by atoms with Gasteiger partial charge in [0.1, 0.15) is 5.39 Å². The lowest BCUT2D eigenvalue weighted by atomic mass is 9.92. The molecule has 1 amide bonds. The highest BCUT2D eigenvalue weighted by Crippen LogP contribution is 2.24. The quantitative estimate of drug-likeness (QED) is 0.297. The standard InChI is InChI=1S/C32H41N9O2/c1-7-16-40-30(43)25-22-33-31(36-29(25)41(40)27-10-8-9-26(35-27)32(2,3)4)34-23-11-13-24(14-12-23)39-20-18-38(19-21-39)17-15-28(42)37(5)6/h7-14,22H,1,15-21H2,2-6H3,(H,33,34,36). The van der Waals surface area contributed by atoms with Gasteiger partial charge in [-0.2, -0.15) is 4.98 Å². The van der Waals surface area contributed by atoms with E-state index < -0.39 is 0 Å². The summed E-state index contributed by atoms with van der Waals surface area (Å²) in [7, 11) is 3.60. The Hall–Kier alpha value is -4.51. The van der Waals surface area contributed by atoms with Gasteiger partial charge < -0.3 is 15.1 Å². The fourth-order valence-corrected chi connectivity index (χ4v) is 5.16. The zero-order valence-corrected chi connectivity index (χ0v) is 25.7. The number of allylic oxidation sites excluding steroid dienone is 1. The molecule has 1 aromatic carbocycles. The van der Waals surface area contributed by atoms with Gasteiger partial charge in [-0.15, -0.1) is 6.58 Å². The number of nitrogens with zero attached hydrogens (tertiary/aromatic N) is 8. The molecule has 0 aliphatic carbocycles. The van der Waals surface area contributed by atoms with Crippen LogP contribution >= 0.6 is 0 Å². The second-order valence-corrected chi connectivity index (χ2v) is 12.1. The Bertz CT molecular complexity index is 1660. The zero-order chi connectivity index (χ0) is 30.7. The molecule has 5 rings (SSSR count). The number of hydrogen-bond acceptors (Lipinski definition) is 8. The SMILES string of the molecule is C=CCn1c(=O)c2cnc(Nc3ccc(N4CCN(CCC(=O)N(C)C)CC4)cc3)nc2n1-c1cccc(C(C)(C)C)n1. The lowest BCUT2D eigenvalue weighted by Gasteiger charge is -2.36. The van der Waals surface area contributed by atoms with Crippen LogP contribution in [0.2, 0.25) is 0 Å². The van der Waals surface area contributed by atoms with E-state index in [9.17, 15) is 9.59 Å². The molecule has 1 aliphatic heterocycles. The van der Waals surface area contributed by atoms with Crippen LogP contribution in [0, 0.1) is 0 Å². The molecule has 0 atom stereocenters. The predicted octanol–water partition coefficient (Wildman–Crippen LogP) is 3.80. The van der Waals surface area contributed by atoms with Gasteiger partial charge in [-0.05, 0) is 36.4 Å². The van der Waals surface area contributed by atoms with Gasteiger partial charge >= 0.3 is 0 Å². The average molecular weight is 584 g/mol. The molecule has 4 heterocycles. The van der Waals surface area contributed by atoms with Gasteiger partial charge in [0.15, 0.2) is 11.5 Å². The Kier molecular flexibility index (Phi) is 8.63. The Morgan fingerprint density at radius 2 is 1.77 bits per heavy atom. The molecule has 1 aliphatic rings. The van der Waals surface area contributed by atoms with Crippen molar-refractivity contribution in [3.05, 3.63) is 77.4 Å². The number of rotatable bonds is 9. The smallest absolute Gasteiger partial charge is 0.278 e. The third-order valence-electron chi connectivity index (χ3n) is 7.70. The zero-order valence-electron chi connectivity index (χ0n) is 25.7. The van der Waals surface area contributed by atoms with Crippen LogP contribution in [0.3, 0.4) is 0 Å². The first-order valence-electron chi connectivity index (χ1n) is 14.7. The van der Waals surface area contributed by atoms with Crippen molar-refractivity contribution in [3.63, 3.8) is 0 Å². The molecular formula is C32H41N9O2. The molecule has 0 unspecified atom stereocenters. The molecule has 11 heteroatoms. The van der Waals surface area contributed by atoms with Crippen LogP contribution in [0.4, 0.5) is 17.3 Å². The number of fused-ring (bicyclic) bond motifs is 1. The largest absolute Gasteiger partial charge is 0.369 e. The molecule has 1 saturated heterocycles. The summed E-state index contributed by atoms with van der Waals surface area (Å²) in [6, 6.07) is 14.0. The van der Waals surface area contributed by atoms with Crippen molar-refractivity contribution < 1.29 is 4.79 Å². The van der Waals surface area contributed by atoms with Crippen molar-refractivity contribution in [2.75, 3.05) is 57.0 Å². The molecule has 1 fully saturated rings. The molecule has 3 aromatic heterocycles. The summed E-state index contributed by atoms with van der Waals surface area (Å²) in [6.07, 6.45) is 3.80. The van der Waals surface area contributed by atoms with E-state index in [2.05, 4.69) is 59.6 Å². The van der Waals surface area contributed by atoms with E-state index in [4.69, 9.17) is 9.97 Å². The monoisotopic (exact) mass is 583 g/mol. The summed E-state index contributed by atoms with van der Waals surface area (Å²) in [5.41, 5.74) is 3.03. The average Bonchev–Trinajstić information content (AvgIpc) is 3.26. The van der Waals surface area contributed by atoms with Crippen molar-refractivity contribution >= 4 is 34.3 Å². The van der Waals surface area contributed by atoms with Crippen LogP contribution in [0.5, 0.6) is 0 Å². The number of piperazine rings is 1. The molecular weight excluding hydrogens is 542 g/mol. The van der Waals surface area contributed by atoms with Gasteiger partial charge in [-0.1, -0.05) is 32.9 Å². The van der Waals surface area contributed by atoms with Crippen LogP contribution in [-0.2, 0) is 16.8 Å². The molecule has 226 valence electrons. The fourth-order valence-electron chi connectivity index (χ4n) is 5.16. The Balaban J connectivity index is 1.33. The molecule has 43 heavy (non-hydrogen) atoms. The first-order valence-corrected chi connectivity index (χ1v) is 14.7. The van der Waals surface area contributed by atoms with Crippen LogP contribution in [0.1, 0.15) is 32.9 Å². The first kappa shape index (κ1) is 30.0. The van der Waals surface area contributed by atoms with Gasteiger partial charge in [-0.25, -0.2) is 19.3 Å². The number of pyridine rings is 1. The summed E-state index contributed by atoms with van der Waals surface area (Å²) < 4.78 is 3.33. The molecule has 11 nitrogen and oxygen atoms in total. The minimum Gasteiger partial charge on any atom is -0.369 e. The second kappa shape index (κ2) is 12.4. The van der Waals surface area contributed by atoms with Crippen molar-refractivity contribution in [2.45, 2.75) is 39.2 Å². The van der Waals surface area contributed by atoms with Crippen molar-refractivity contribution in [3.8, 4) is 5.82 Å². The number of amides is 1. The first-order chi connectivity index (χ1) is 20.5. The molecule has 0 bridgehead atoms. The summed E-state index contributed by atoms with van der Waals surface area (Å²) in [4.78, 5) is 45.7. The van der Waals surface area contributed by atoms with Crippen LogP contribution in [0.15, 0.2) is 66.1 Å². The maximum absolute atomic E-state index is 13.3. The molecule has 1 N–H and O–H groups in total. The third kappa shape index (κ3) is 6.61. The minimum absolute atomic E-state index is 0.156. The third-order valence-corrected chi connectivity index (χ3v) is 7.70.